The molecule has 0 radical (unpaired) electrons. The third kappa shape index (κ3) is 2.12. The predicted molar refractivity (Wildman–Crippen MR) is 49.8 cm³/mol. The van der Waals surface area contributed by atoms with Crippen LogP contribution in [-0.2, 0) is 5.88 Å². The van der Waals surface area contributed by atoms with Crippen LogP contribution in [0, 0.1) is 10.1 Å². The van der Waals surface area contributed by atoms with Crippen LogP contribution in [-0.4, -0.2) is 9.91 Å². The number of halogens is 3. The van der Waals surface area contributed by atoms with Crippen LogP contribution in [0.15, 0.2) is 6.20 Å². The first-order valence-corrected chi connectivity index (χ1v) is 4.28. The van der Waals surface area contributed by atoms with Gasteiger partial charge in [0.05, 0.1) is 28.3 Å². The maximum atomic E-state index is 12.4. The number of anilines is 1. The zero-order chi connectivity index (χ0) is 11.6. The first kappa shape index (κ1) is 11.6. The zero-order valence-electron chi connectivity index (χ0n) is 7.28. The van der Waals surface area contributed by atoms with E-state index in [9.17, 15) is 18.9 Å². The monoisotopic (exact) mass is 237 g/mol. The molecule has 1 aromatic heterocycles. The van der Waals surface area contributed by atoms with Gasteiger partial charge in [0, 0.05) is 0 Å². The summed E-state index contributed by atoms with van der Waals surface area (Å²) in [4.78, 5) is 12.9. The third-order valence-electron chi connectivity index (χ3n) is 1.74. The Hall–Kier alpha value is -1.50. The van der Waals surface area contributed by atoms with Gasteiger partial charge in [-0.2, -0.15) is 0 Å². The van der Waals surface area contributed by atoms with E-state index in [1.165, 1.54) is 0 Å². The summed E-state index contributed by atoms with van der Waals surface area (Å²) in [5.74, 6) is -0.315. The number of hydrogen-bond donors (Lipinski definition) is 1. The summed E-state index contributed by atoms with van der Waals surface area (Å²) in [7, 11) is 0. The highest BCUT2D eigenvalue weighted by atomic mass is 35.5. The fraction of sp³-hybridized carbons (Fsp3) is 0.286. The average molecular weight is 238 g/mol. The van der Waals surface area contributed by atoms with Crippen LogP contribution in [0.25, 0.3) is 0 Å². The highest BCUT2D eigenvalue weighted by molar-refractivity contribution is 6.17. The highest BCUT2D eigenvalue weighted by Crippen LogP contribution is 2.33. The van der Waals surface area contributed by atoms with Crippen LogP contribution < -0.4 is 5.73 Å². The summed E-state index contributed by atoms with van der Waals surface area (Å²) in [6, 6.07) is 0. The van der Waals surface area contributed by atoms with Crippen LogP contribution in [0.3, 0.4) is 0 Å². The second-order valence-corrected chi connectivity index (χ2v) is 2.88. The van der Waals surface area contributed by atoms with E-state index in [1.807, 2.05) is 0 Å². The topological polar surface area (TPSA) is 82.0 Å². The number of nitrogens with zero attached hydrogens (tertiary/aromatic N) is 2. The molecule has 0 saturated carbocycles. The molecule has 82 valence electrons. The number of nitrogen functional groups attached to an aromatic ring is 1. The molecule has 0 fully saturated rings. The third-order valence-corrected chi connectivity index (χ3v) is 2.01. The largest absolute Gasteiger partial charge is 0.397 e. The van der Waals surface area contributed by atoms with Gasteiger partial charge in [0.2, 0.25) is 0 Å². The van der Waals surface area contributed by atoms with E-state index in [0.717, 1.165) is 6.20 Å². The van der Waals surface area contributed by atoms with Crippen molar-refractivity contribution >= 4 is 23.0 Å². The van der Waals surface area contributed by atoms with Crippen molar-refractivity contribution in [2.75, 3.05) is 5.73 Å². The van der Waals surface area contributed by atoms with Gasteiger partial charge in [0.1, 0.15) is 0 Å². The van der Waals surface area contributed by atoms with Crippen molar-refractivity contribution in [1.82, 2.24) is 4.98 Å². The first-order valence-electron chi connectivity index (χ1n) is 3.74. The quantitative estimate of drug-likeness (QED) is 0.497. The van der Waals surface area contributed by atoms with Crippen LogP contribution in [0.1, 0.15) is 17.7 Å². The first-order chi connectivity index (χ1) is 6.99. The van der Waals surface area contributed by atoms with Crippen molar-refractivity contribution in [3.05, 3.63) is 27.6 Å². The molecule has 0 aliphatic rings. The molecule has 0 bridgehead atoms. The Labute approximate surface area is 88.0 Å². The van der Waals surface area contributed by atoms with Crippen LogP contribution in [0.2, 0.25) is 0 Å². The summed E-state index contributed by atoms with van der Waals surface area (Å²) in [6.07, 6.45) is -2.10. The van der Waals surface area contributed by atoms with Crippen LogP contribution in [0.5, 0.6) is 0 Å². The molecule has 0 aliphatic carbocycles. The Bertz CT molecular complexity index is 400. The maximum absolute atomic E-state index is 12.4. The van der Waals surface area contributed by atoms with Crippen molar-refractivity contribution in [3.63, 3.8) is 0 Å². The van der Waals surface area contributed by atoms with Gasteiger partial charge in [-0.1, -0.05) is 0 Å². The minimum absolute atomic E-state index is 0.0684. The van der Waals surface area contributed by atoms with E-state index < -0.39 is 22.7 Å². The number of aromatic nitrogens is 1. The van der Waals surface area contributed by atoms with Crippen molar-refractivity contribution in [2.24, 2.45) is 0 Å². The van der Waals surface area contributed by atoms with Gasteiger partial charge in [-0.25, -0.2) is 13.8 Å². The number of pyridine rings is 1. The lowest BCUT2D eigenvalue weighted by Gasteiger charge is -2.06. The molecule has 2 N–H and O–H groups in total. The van der Waals surface area contributed by atoms with Gasteiger partial charge < -0.3 is 5.73 Å². The molecule has 8 heteroatoms. The molecule has 1 aromatic rings. The summed E-state index contributed by atoms with van der Waals surface area (Å²) in [5, 5.41) is 10.6. The number of rotatable bonds is 3. The lowest BCUT2D eigenvalue weighted by Crippen LogP contribution is -2.06. The normalized spacial score (nSPS) is 10.7. The molecule has 0 spiro atoms. The molecule has 1 rings (SSSR count). The molecule has 0 saturated heterocycles. The summed E-state index contributed by atoms with van der Waals surface area (Å²) >= 11 is 5.40. The smallest absolute Gasteiger partial charge is 0.303 e. The van der Waals surface area contributed by atoms with Crippen molar-refractivity contribution in [3.8, 4) is 0 Å². The van der Waals surface area contributed by atoms with Crippen molar-refractivity contribution < 1.29 is 13.7 Å². The standard InChI is InChI=1S/C7H6ClF2N3O2/c8-1-3-4(11)2-12-5(7(9)10)6(3)13(14)15/h2,7H,1,11H2. The molecule has 0 atom stereocenters. The Morgan fingerprint density at radius 1 is 1.67 bits per heavy atom. The van der Waals surface area contributed by atoms with Gasteiger partial charge in [0.15, 0.2) is 5.69 Å². The minimum atomic E-state index is -3.03. The summed E-state index contributed by atoms with van der Waals surface area (Å²) in [6.45, 7) is 0. The van der Waals surface area contributed by atoms with Crippen LogP contribution in [0.4, 0.5) is 20.2 Å². The molecule has 0 unspecified atom stereocenters. The fourth-order valence-corrected chi connectivity index (χ4v) is 1.35. The molecule has 5 nitrogen and oxygen atoms in total. The minimum Gasteiger partial charge on any atom is -0.397 e. The highest BCUT2D eigenvalue weighted by Gasteiger charge is 2.28. The van der Waals surface area contributed by atoms with Crippen molar-refractivity contribution in [2.45, 2.75) is 12.3 Å². The molecule has 1 heterocycles. The SMILES string of the molecule is Nc1cnc(C(F)F)c([N+](=O)[O-])c1CCl. The molecular formula is C7H6ClF2N3O2. The number of alkyl halides is 3. The fourth-order valence-electron chi connectivity index (χ4n) is 1.07. The predicted octanol–water partition coefficient (Wildman–Crippen LogP) is 2.25. The van der Waals surface area contributed by atoms with E-state index in [2.05, 4.69) is 4.98 Å². The average Bonchev–Trinajstić information content (AvgIpc) is 2.16. The van der Waals surface area contributed by atoms with Gasteiger partial charge in [-0.15, -0.1) is 11.6 Å². The van der Waals surface area contributed by atoms with Gasteiger partial charge in [-0.05, 0) is 0 Å². The lowest BCUT2D eigenvalue weighted by molar-refractivity contribution is -0.387. The Balaban J connectivity index is 3.49. The van der Waals surface area contributed by atoms with E-state index in [4.69, 9.17) is 17.3 Å². The Morgan fingerprint density at radius 2 is 2.27 bits per heavy atom. The van der Waals surface area contributed by atoms with Gasteiger partial charge in [-0.3, -0.25) is 10.1 Å². The lowest BCUT2D eigenvalue weighted by atomic mass is 10.1. The van der Waals surface area contributed by atoms with Crippen molar-refractivity contribution in [1.29, 1.82) is 0 Å². The Kier molecular flexibility index (Phi) is 3.35. The summed E-state index contributed by atoms with van der Waals surface area (Å²) < 4.78 is 24.8. The molecular weight excluding hydrogens is 232 g/mol. The summed E-state index contributed by atoms with van der Waals surface area (Å²) in [5.41, 5.74) is 3.42. The second-order valence-electron chi connectivity index (χ2n) is 2.62. The molecule has 15 heavy (non-hydrogen) atoms. The number of hydrogen-bond acceptors (Lipinski definition) is 4. The van der Waals surface area contributed by atoms with Crippen LogP contribution >= 0.6 is 11.6 Å². The maximum Gasteiger partial charge on any atom is 0.303 e. The van der Waals surface area contributed by atoms with E-state index in [-0.39, 0.29) is 17.1 Å². The zero-order valence-corrected chi connectivity index (χ0v) is 8.04. The Morgan fingerprint density at radius 3 is 2.67 bits per heavy atom. The molecule has 0 amide bonds. The number of nitrogens with two attached hydrogens (primary N) is 1. The van der Waals surface area contributed by atoms with Gasteiger partial charge in [0.25, 0.3) is 6.43 Å². The van der Waals surface area contributed by atoms with E-state index in [1.54, 1.807) is 0 Å². The van der Waals surface area contributed by atoms with Gasteiger partial charge >= 0.3 is 5.69 Å². The number of nitro groups is 1. The molecule has 0 aliphatic heterocycles. The van der Waals surface area contributed by atoms with E-state index in [0.29, 0.717) is 0 Å². The second kappa shape index (κ2) is 4.35. The molecule has 0 aromatic carbocycles. The van der Waals surface area contributed by atoms with E-state index >= 15 is 0 Å².